The average molecular weight is 226 g/mol. The Kier molecular flexibility index (Phi) is 3.82. The van der Waals surface area contributed by atoms with Gasteiger partial charge >= 0.3 is 0 Å². The van der Waals surface area contributed by atoms with Crippen molar-refractivity contribution in [2.45, 2.75) is 44.7 Å². The number of ether oxygens (including phenoxy) is 1. The summed E-state index contributed by atoms with van der Waals surface area (Å²) in [6.07, 6.45) is 3.79. The monoisotopic (exact) mass is 226 g/mol. The van der Waals surface area contributed by atoms with Gasteiger partial charge in [0.2, 0.25) is 5.91 Å². The Balaban J connectivity index is 1.80. The summed E-state index contributed by atoms with van der Waals surface area (Å²) < 4.78 is 5.25. The van der Waals surface area contributed by atoms with Crippen molar-refractivity contribution in [3.8, 4) is 0 Å². The van der Waals surface area contributed by atoms with Crippen LogP contribution in [0.4, 0.5) is 0 Å². The van der Waals surface area contributed by atoms with Crippen molar-refractivity contribution in [3.05, 3.63) is 0 Å². The van der Waals surface area contributed by atoms with E-state index in [9.17, 15) is 4.79 Å². The molecule has 16 heavy (non-hydrogen) atoms. The third-order valence-corrected chi connectivity index (χ3v) is 3.88. The molecule has 4 heteroatoms. The lowest BCUT2D eigenvalue weighted by Gasteiger charge is -2.31. The van der Waals surface area contributed by atoms with Crippen LogP contribution in [0.1, 0.15) is 32.6 Å². The van der Waals surface area contributed by atoms with Gasteiger partial charge in [0.05, 0.1) is 12.6 Å². The van der Waals surface area contributed by atoms with Gasteiger partial charge in [0.15, 0.2) is 0 Å². The van der Waals surface area contributed by atoms with Crippen LogP contribution < -0.4 is 11.1 Å². The molecule has 1 heterocycles. The largest absolute Gasteiger partial charge is 0.379 e. The molecule has 4 unspecified atom stereocenters. The van der Waals surface area contributed by atoms with Gasteiger partial charge in [0.25, 0.3) is 0 Å². The molecule has 0 radical (unpaired) electrons. The van der Waals surface area contributed by atoms with Gasteiger partial charge < -0.3 is 15.8 Å². The van der Waals surface area contributed by atoms with E-state index in [1.165, 1.54) is 0 Å². The highest BCUT2D eigenvalue weighted by Crippen LogP contribution is 2.28. The Morgan fingerprint density at radius 3 is 2.81 bits per heavy atom. The topological polar surface area (TPSA) is 64.3 Å². The zero-order valence-electron chi connectivity index (χ0n) is 9.95. The second kappa shape index (κ2) is 5.15. The van der Waals surface area contributed by atoms with Gasteiger partial charge in [-0.3, -0.25) is 4.79 Å². The van der Waals surface area contributed by atoms with Crippen molar-refractivity contribution in [2.24, 2.45) is 17.6 Å². The molecule has 1 amide bonds. The van der Waals surface area contributed by atoms with Crippen LogP contribution in [0.5, 0.6) is 0 Å². The second-order valence-corrected chi connectivity index (χ2v) is 5.22. The highest BCUT2D eigenvalue weighted by atomic mass is 16.5. The SMILES string of the molecule is CC1CC(C(=O)NC2CCOC2)CCC1N. The minimum absolute atomic E-state index is 0.162. The van der Waals surface area contributed by atoms with Crippen LogP contribution in [0.25, 0.3) is 0 Å². The second-order valence-electron chi connectivity index (χ2n) is 5.22. The van der Waals surface area contributed by atoms with Crippen LogP contribution in [0.3, 0.4) is 0 Å². The molecule has 2 aliphatic rings. The van der Waals surface area contributed by atoms with Gasteiger partial charge in [-0.2, -0.15) is 0 Å². The number of nitrogens with two attached hydrogens (primary N) is 1. The molecule has 4 nitrogen and oxygen atoms in total. The lowest BCUT2D eigenvalue weighted by atomic mass is 9.79. The summed E-state index contributed by atoms with van der Waals surface area (Å²) in [4.78, 5) is 12.0. The standard InChI is InChI=1S/C12H22N2O2/c1-8-6-9(2-3-11(8)13)12(15)14-10-4-5-16-7-10/h8-11H,2-7,13H2,1H3,(H,14,15). The first-order chi connectivity index (χ1) is 7.66. The molecular weight excluding hydrogens is 204 g/mol. The van der Waals surface area contributed by atoms with Crippen molar-refractivity contribution >= 4 is 5.91 Å². The van der Waals surface area contributed by atoms with E-state index in [0.717, 1.165) is 32.3 Å². The van der Waals surface area contributed by atoms with Crippen LogP contribution in [-0.2, 0) is 9.53 Å². The Bertz CT molecular complexity index is 251. The Morgan fingerprint density at radius 2 is 2.19 bits per heavy atom. The highest BCUT2D eigenvalue weighted by molar-refractivity contribution is 5.79. The van der Waals surface area contributed by atoms with Crippen molar-refractivity contribution in [1.29, 1.82) is 0 Å². The molecule has 1 saturated carbocycles. The molecule has 3 N–H and O–H groups in total. The zero-order valence-corrected chi connectivity index (χ0v) is 9.95. The number of hydrogen-bond acceptors (Lipinski definition) is 3. The summed E-state index contributed by atoms with van der Waals surface area (Å²) in [6, 6.07) is 0.511. The first-order valence-corrected chi connectivity index (χ1v) is 6.30. The predicted octanol–water partition coefficient (Wildman–Crippen LogP) is 0.655. The summed E-state index contributed by atoms with van der Waals surface area (Å²) in [7, 11) is 0. The summed E-state index contributed by atoms with van der Waals surface area (Å²) >= 11 is 0. The van der Waals surface area contributed by atoms with Gasteiger partial charge in [-0.1, -0.05) is 6.92 Å². The molecule has 1 aliphatic heterocycles. The highest BCUT2D eigenvalue weighted by Gasteiger charge is 2.30. The van der Waals surface area contributed by atoms with Gasteiger partial charge in [0, 0.05) is 18.6 Å². The van der Waals surface area contributed by atoms with E-state index in [4.69, 9.17) is 10.5 Å². The maximum Gasteiger partial charge on any atom is 0.223 e. The van der Waals surface area contributed by atoms with Crippen molar-refractivity contribution in [3.63, 3.8) is 0 Å². The lowest BCUT2D eigenvalue weighted by Crippen LogP contribution is -2.43. The molecule has 0 spiro atoms. The van der Waals surface area contributed by atoms with Crippen LogP contribution in [0, 0.1) is 11.8 Å². The summed E-state index contributed by atoms with van der Waals surface area (Å²) in [5, 5.41) is 3.08. The van der Waals surface area contributed by atoms with E-state index in [-0.39, 0.29) is 23.9 Å². The molecule has 0 aromatic rings. The average Bonchev–Trinajstić information content (AvgIpc) is 2.74. The third kappa shape index (κ3) is 2.74. The van der Waals surface area contributed by atoms with Gasteiger partial charge in [-0.25, -0.2) is 0 Å². The van der Waals surface area contributed by atoms with Crippen LogP contribution in [0.15, 0.2) is 0 Å². The normalized spacial score (nSPS) is 39.6. The minimum atomic E-state index is 0.162. The van der Waals surface area contributed by atoms with Crippen molar-refractivity contribution < 1.29 is 9.53 Å². The Morgan fingerprint density at radius 1 is 1.38 bits per heavy atom. The third-order valence-electron chi connectivity index (χ3n) is 3.88. The molecule has 1 saturated heterocycles. The van der Waals surface area contributed by atoms with Crippen molar-refractivity contribution in [1.82, 2.24) is 5.32 Å². The quantitative estimate of drug-likeness (QED) is 0.727. The Labute approximate surface area is 96.9 Å². The molecule has 1 aliphatic carbocycles. The maximum absolute atomic E-state index is 12.0. The number of hydrogen-bond donors (Lipinski definition) is 2. The summed E-state index contributed by atoms with van der Waals surface area (Å²) in [5.41, 5.74) is 5.95. The maximum atomic E-state index is 12.0. The molecule has 0 bridgehead atoms. The number of amides is 1. The number of carbonyl (C=O) groups is 1. The summed E-state index contributed by atoms with van der Waals surface area (Å²) in [5.74, 6) is 0.828. The smallest absolute Gasteiger partial charge is 0.223 e. The molecule has 92 valence electrons. The number of rotatable bonds is 2. The Hall–Kier alpha value is -0.610. The number of carbonyl (C=O) groups excluding carboxylic acids is 1. The zero-order chi connectivity index (χ0) is 11.5. The van der Waals surface area contributed by atoms with Gasteiger partial charge in [0.1, 0.15) is 0 Å². The fourth-order valence-corrected chi connectivity index (χ4v) is 2.63. The minimum Gasteiger partial charge on any atom is -0.379 e. The van der Waals surface area contributed by atoms with Gasteiger partial charge in [-0.15, -0.1) is 0 Å². The van der Waals surface area contributed by atoms with E-state index < -0.39 is 0 Å². The van der Waals surface area contributed by atoms with Crippen LogP contribution in [0.2, 0.25) is 0 Å². The molecule has 0 aromatic carbocycles. The van der Waals surface area contributed by atoms with E-state index >= 15 is 0 Å². The fraction of sp³-hybridized carbons (Fsp3) is 0.917. The molecular formula is C12H22N2O2. The fourth-order valence-electron chi connectivity index (χ4n) is 2.63. The van der Waals surface area contributed by atoms with Crippen molar-refractivity contribution in [2.75, 3.05) is 13.2 Å². The first-order valence-electron chi connectivity index (χ1n) is 6.30. The van der Waals surface area contributed by atoms with Gasteiger partial charge in [-0.05, 0) is 31.6 Å². The lowest BCUT2D eigenvalue weighted by molar-refractivity contribution is -0.127. The molecule has 2 fully saturated rings. The molecule has 4 atom stereocenters. The molecule has 0 aromatic heterocycles. The predicted molar refractivity (Wildman–Crippen MR) is 61.8 cm³/mol. The van der Waals surface area contributed by atoms with E-state index in [1.807, 2.05) is 0 Å². The van der Waals surface area contributed by atoms with E-state index in [2.05, 4.69) is 12.2 Å². The van der Waals surface area contributed by atoms with Crippen LogP contribution in [-0.4, -0.2) is 31.2 Å². The molecule has 2 rings (SSSR count). The van der Waals surface area contributed by atoms with E-state index in [0.29, 0.717) is 12.5 Å². The van der Waals surface area contributed by atoms with Crippen LogP contribution >= 0.6 is 0 Å². The number of nitrogens with one attached hydrogen (secondary N) is 1. The first kappa shape index (κ1) is 11.9. The summed E-state index contributed by atoms with van der Waals surface area (Å²) in [6.45, 7) is 3.59. The van der Waals surface area contributed by atoms with E-state index in [1.54, 1.807) is 0 Å².